The second-order valence-corrected chi connectivity index (χ2v) is 9.18. The van der Waals surface area contributed by atoms with Crippen LogP contribution in [0.3, 0.4) is 0 Å². The van der Waals surface area contributed by atoms with E-state index in [1.807, 2.05) is 35.9 Å². The molecule has 0 saturated carbocycles. The van der Waals surface area contributed by atoms with Gasteiger partial charge in [0.05, 0.1) is 22.5 Å². The Labute approximate surface area is 193 Å². The third-order valence-corrected chi connectivity index (χ3v) is 6.72. The van der Waals surface area contributed by atoms with E-state index in [0.29, 0.717) is 22.7 Å². The van der Waals surface area contributed by atoms with E-state index in [0.717, 1.165) is 33.2 Å². The van der Waals surface area contributed by atoms with Crippen LogP contribution in [0.25, 0.3) is 10.2 Å². The predicted molar refractivity (Wildman–Crippen MR) is 127 cm³/mol. The Morgan fingerprint density at radius 2 is 1.94 bits per heavy atom. The van der Waals surface area contributed by atoms with Gasteiger partial charge in [-0.05, 0) is 49.6 Å². The molecule has 32 heavy (non-hydrogen) atoms. The maximum Gasteiger partial charge on any atom is 0.279 e. The predicted octanol–water partition coefficient (Wildman–Crippen LogP) is 3.86. The van der Waals surface area contributed by atoms with Crippen LogP contribution in [0, 0.1) is 0 Å². The molecule has 1 aliphatic rings. The Hall–Kier alpha value is -2.91. The standard InChI is InChI=1S/C23H23N3O4S2/c1-3-30-17-7-8-18-19(14-17)32-23(25(18)11-12-31-2)24-22(29)15-5-4-6-16(13-15)26-20(27)9-10-21(26)28/h4-8,13-14H,3,9-12H2,1-2H3. The minimum absolute atomic E-state index is 0.197. The van der Waals surface area contributed by atoms with Crippen LogP contribution in [-0.4, -0.2) is 40.9 Å². The number of benzene rings is 2. The fraction of sp³-hybridized carbons (Fsp3) is 0.304. The fourth-order valence-corrected chi connectivity index (χ4v) is 5.04. The lowest BCUT2D eigenvalue weighted by molar-refractivity contribution is -0.121. The summed E-state index contributed by atoms with van der Waals surface area (Å²) in [5.74, 6) is 0.751. The number of hydrogen-bond donors (Lipinski definition) is 0. The van der Waals surface area contributed by atoms with Crippen LogP contribution in [0.1, 0.15) is 30.1 Å². The molecule has 0 radical (unpaired) electrons. The number of aromatic nitrogens is 1. The molecular weight excluding hydrogens is 446 g/mol. The number of anilines is 1. The van der Waals surface area contributed by atoms with Crippen LogP contribution in [0.4, 0.5) is 5.69 Å². The molecule has 9 heteroatoms. The zero-order valence-corrected chi connectivity index (χ0v) is 19.5. The van der Waals surface area contributed by atoms with Crippen LogP contribution >= 0.6 is 23.1 Å². The Kier molecular flexibility index (Phi) is 6.76. The van der Waals surface area contributed by atoms with E-state index in [-0.39, 0.29) is 24.7 Å². The van der Waals surface area contributed by atoms with Gasteiger partial charge >= 0.3 is 0 Å². The van der Waals surface area contributed by atoms with Crippen molar-refractivity contribution in [2.45, 2.75) is 26.3 Å². The number of rotatable bonds is 7. The minimum atomic E-state index is -0.416. The lowest BCUT2D eigenvalue weighted by Gasteiger charge is -2.14. The van der Waals surface area contributed by atoms with Gasteiger partial charge in [-0.2, -0.15) is 16.8 Å². The summed E-state index contributed by atoms with van der Waals surface area (Å²) in [6.45, 7) is 3.24. The molecule has 3 aromatic rings. The van der Waals surface area contributed by atoms with E-state index >= 15 is 0 Å². The number of nitrogens with zero attached hydrogens (tertiary/aromatic N) is 3. The summed E-state index contributed by atoms with van der Waals surface area (Å²) in [7, 11) is 0. The summed E-state index contributed by atoms with van der Waals surface area (Å²) in [4.78, 5) is 43.3. The SMILES string of the molecule is CCOc1ccc2c(c1)sc(=NC(=O)c1cccc(N3C(=O)CCC3=O)c1)n2CCSC. The molecule has 2 aromatic carbocycles. The zero-order chi connectivity index (χ0) is 22.7. The molecule has 0 N–H and O–H groups in total. The third kappa shape index (κ3) is 4.49. The van der Waals surface area contributed by atoms with Gasteiger partial charge < -0.3 is 9.30 Å². The number of ether oxygens (including phenoxy) is 1. The lowest BCUT2D eigenvalue weighted by Crippen LogP contribution is -2.28. The summed E-state index contributed by atoms with van der Waals surface area (Å²) in [6, 6.07) is 12.4. The largest absolute Gasteiger partial charge is 0.494 e. The number of aryl methyl sites for hydroxylation is 1. The van der Waals surface area contributed by atoms with Gasteiger partial charge in [0.15, 0.2) is 4.80 Å². The van der Waals surface area contributed by atoms with E-state index in [4.69, 9.17) is 4.74 Å². The van der Waals surface area contributed by atoms with Gasteiger partial charge in [0.1, 0.15) is 5.75 Å². The highest BCUT2D eigenvalue weighted by atomic mass is 32.2. The monoisotopic (exact) mass is 469 g/mol. The molecule has 166 valence electrons. The maximum absolute atomic E-state index is 13.0. The van der Waals surface area contributed by atoms with E-state index in [9.17, 15) is 14.4 Å². The van der Waals surface area contributed by atoms with E-state index in [1.165, 1.54) is 11.3 Å². The van der Waals surface area contributed by atoms with E-state index < -0.39 is 5.91 Å². The molecule has 1 fully saturated rings. The Bertz CT molecular complexity index is 1250. The van der Waals surface area contributed by atoms with Crippen molar-refractivity contribution in [3.8, 4) is 5.75 Å². The van der Waals surface area contributed by atoms with Gasteiger partial charge in [-0.3, -0.25) is 19.3 Å². The zero-order valence-electron chi connectivity index (χ0n) is 17.9. The van der Waals surface area contributed by atoms with Crippen molar-refractivity contribution >= 4 is 56.7 Å². The molecule has 0 bridgehead atoms. The number of thiazole rings is 1. The number of fused-ring (bicyclic) bond motifs is 1. The first kappa shape index (κ1) is 22.3. The third-order valence-electron chi connectivity index (χ3n) is 5.08. The van der Waals surface area contributed by atoms with Gasteiger partial charge in [-0.1, -0.05) is 17.4 Å². The van der Waals surface area contributed by atoms with Crippen molar-refractivity contribution in [1.82, 2.24) is 4.57 Å². The summed E-state index contributed by atoms with van der Waals surface area (Å²) >= 11 is 3.16. The number of hydrogen-bond acceptors (Lipinski definition) is 6. The number of carbonyl (C=O) groups is 3. The van der Waals surface area contributed by atoms with Gasteiger partial charge in [0.2, 0.25) is 11.8 Å². The average Bonchev–Trinajstić information content (AvgIpc) is 3.30. The quantitative estimate of drug-likeness (QED) is 0.491. The van der Waals surface area contributed by atoms with Crippen LogP contribution in [0.2, 0.25) is 0 Å². The second-order valence-electron chi connectivity index (χ2n) is 7.18. The van der Waals surface area contributed by atoms with Crippen LogP contribution in [0.15, 0.2) is 47.5 Å². The molecule has 1 aliphatic heterocycles. The van der Waals surface area contributed by atoms with Crippen LogP contribution in [-0.2, 0) is 16.1 Å². The first-order valence-electron chi connectivity index (χ1n) is 10.3. The molecule has 0 atom stereocenters. The van der Waals surface area contributed by atoms with Crippen LogP contribution in [0.5, 0.6) is 5.75 Å². The van der Waals surface area contributed by atoms with Crippen LogP contribution < -0.4 is 14.4 Å². The van der Waals surface area contributed by atoms with Gasteiger partial charge in [-0.25, -0.2) is 0 Å². The number of imide groups is 1. The Morgan fingerprint density at radius 3 is 2.66 bits per heavy atom. The minimum Gasteiger partial charge on any atom is -0.494 e. The van der Waals surface area contributed by atoms with Crippen molar-refractivity contribution in [3.63, 3.8) is 0 Å². The number of thioether (sulfide) groups is 1. The molecule has 7 nitrogen and oxygen atoms in total. The average molecular weight is 470 g/mol. The number of carbonyl (C=O) groups excluding carboxylic acids is 3. The summed E-state index contributed by atoms with van der Waals surface area (Å²) in [5.41, 5.74) is 1.74. The maximum atomic E-state index is 13.0. The first-order valence-corrected chi connectivity index (χ1v) is 12.5. The highest BCUT2D eigenvalue weighted by Gasteiger charge is 2.30. The normalized spacial score (nSPS) is 14.6. The Balaban J connectivity index is 1.73. The summed E-state index contributed by atoms with van der Waals surface area (Å²) in [6.07, 6.45) is 2.43. The van der Waals surface area contributed by atoms with Crippen molar-refractivity contribution in [3.05, 3.63) is 52.8 Å². The lowest BCUT2D eigenvalue weighted by atomic mass is 10.2. The molecule has 4 rings (SSSR count). The second kappa shape index (κ2) is 9.70. The molecule has 0 unspecified atom stereocenters. The molecule has 1 aromatic heterocycles. The van der Waals surface area contributed by atoms with Crippen molar-refractivity contribution in [2.24, 2.45) is 4.99 Å². The highest BCUT2D eigenvalue weighted by molar-refractivity contribution is 7.98. The highest BCUT2D eigenvalue weighted by Crippen LogP contribution is 2.25. The topological polar surface area (TPSA) is 81.0 Å². The molecular formula is C23H23N3O4S2. The Morgan fingerprint density at radius 1 is 1.16 bits per heavy atom. The summed E-state index contributed by atoms with van der Waals surface area (Å²) < 4.78 is 8.64. The molecule has 0 aliphatic carbocycles. The smallest absolute Gasteiger partial charge is 0.279 e. The van der Waals surface area contributed by atoms with E-state index in [2.05, 4.69) is 4.99 Å². The fourth-order valence-electron chi connectivity index (χ4n) is 3.59. The molecule has 0 spiro atoms. The van der Waals surface area contributed by atoms with E-state index in [1.54, 1.807) is 36.0 Å². The van der Waals surface area contributed by atoms with Crippen molar-refractivity contribution in [2.75, 3.05) is 23.5 Å². The summed E-state index contributed by atoms with van der Waals surface area (Å²) in [5, 5.41) is 0. The molecule has 2 heterocycles. The van der Waals surface area contributed by atoms with Crippen molar-refractivity contribution in [1.29, 1.82) is 0 Å². The van der Waals surface area contributed by atoms with Gasteiger partial charge in [0, 0.05) is 30.7 Å². The van der Waals surface area contributed by atoms with Gasteiger partial charge in [-0.15, -0.1) is 0 Å². The van der Waals surface area contributed by atoms with Crippen molar-refractivity contribution < 1.29 is 19.1 Å². The van der Waals surface area contributed by atoms with Gasteiger partial charge in [0.25, 0.3) is 5.91 Å². The number of amides is 3. The molecule has 1 saturated heterocycles. The first-order chi connectivity index (χ1) is 15.5. The molecule has 3 amide bonds.